The van der Waals surface area contributed by atoms with Crippen molar-refractivity contribution in [2.45, 2.75) is 6.61 Å². The Kier molecular flexibility index (Phi) is 6.45. The first-order valence-electron chi connectivity index (χ1n) is 7.94. The molecule has 0 aliphatic rings. The Morgan fingerprint density at radius 1 is 1.21 bits per heavy atom. The minimum atomic E-state index is -0.437. The Morgan fingerprint density at radius 2 is 2.04 bits per heavy atom. The van der Waals surface area contributed by atoms with Crippen molar-refractivity contribution in [2.24, 2.45) is 5.10 Å². The lowest BCUT2D eigenvalue weighted by molar-refractivity contribution is 0.284. The number of nitrogens with one attached hydrogen (secondary N) is 1. The summed E-state index contributed by atoms with van der Waals surface area (Å²) in [4.78, 5) is 11.7. The molecule has 0 spiro atoms. The summed E-state index contributed by atoms with van der Waals surface area (Å²) in [5, 5.41) is 11.1. The predicted octanol–water partition coefficient (Wildman–Crippen LogP) is 4.08. The van der Waals surface area contributed by atoms with Crippen molar-refractivity contribution in [3.63, 3.8) is 0 Å². The van der Waals surface area contributed by atoms with Gasteiger partial charge in [-0.1, -0.05) is 29.3 Å². The third-order valence-electron chi connectivity index (χ3n) is 3.62. The molecule has 0 saturated heterocycles. The largest absolute Gasteiger partial charge is 0.493 e. The van der Waals surface area contributed by atoms with E-state index in [1.54, 1.807) is 30.3 Å². The maximum absolute atomic E-state index is 11.7. The van der Waals surface area contributed by atoms with E-state index >= 15 is 0 Å². The fraction of sp³-hybridized carbons (Fsp3) is 0.111. The van der Waals surface area contributed by atoms with Crippen molar-refractivity contribution < 1.29 is 9.47 Å². The molecule has 0 radical (unpaired) electrons. The Bertz CT molecular complexity index is 1120. The average Bonchev–Trinajstić information content (AvgIpc) is 2.69. The summed E-state index contributed by atoms with van der Waals surface area (Å²) in [6, 6.07) is 10.5. The fourth-order valence-corrected chi connectivity index (χ4v) is 2.76. The van der Waals surface area contributed by atoms with Crippen LogP contribution in [0.25, 0.3) is 0 Å². The van der Waals surface area contributed by atoms with Gasteiger partial charge in [-0.05, 0) is 53.7 Å². The van der Waals surface area contributed by atoms with Gasteiger partial charge in [0.15, 0.2) is 11.5 Å². The quantitative estimate of drug-likeness (QED) is 0.464. The molecule has 3 aromatic rings. The number of ether oxygens (including phenoxy) is 2. The number of H-pyrrole nitrogens is 1. The summed E-state index contributed by atoms with van der Waals surface area (Å²) >= 11 is 16.9. The lowest BCUT2D eigenvalue weighted by Gasteiger charge is -2.11. The Hall–Kier alpha value is -2.68. The zero-order valence-electron chi connectivity index (χ0n) is 14.6. The number of hydrogen-bond donors (Lipinski definition) is 1. The van der Waals surface area contributed by atoms with E-state index < -0.39 is 5.56 Å². The van der Waals surface area contributed by atoms with E-state index in [-0.39, 0.29) is 4.77 Å². The number of aromatic nitrogens is 3. The Balaban J connectivity index is 1.78. The highest BCUT2D eigenvalue weighted by atomic mass is 35.5. The molecule has 0 aliphatic heterocycles. The van der Waals surface area contributed by atoms with E-state index in [4.69, 9.17) is 44.9 Å². The molecule has 0 unspecified atom stereocenters. The summed E-state index contributed by atoms with van der Waals surface area (Å²) in [5.41, 5.74) is 1.12. The third-order valence-corrected chi connectivity index (χ3v) is 4.63. The van der Waals surface area contributed by atoms with Crippen LogP contribution in [0.1, 0.15) is 11.1 Å². The van der Waals surface area contributed by atoms with E-state index in [0.717, 1.165) is 16.4 Å². The molecule has 1 N–H and O–H groups in total. The highest BCUT2D eigenvalue weighted by molar-refractivity contribution is 7.71. The summed E-state index contributed by atoms with van der Waals surface area (Å²) in [6.07, 6.45) is 2.57. The van der Waals surface area contributed by atoms with E-state index in [2.05, 4.69) is 15.3 Å². The molecule has 0 fully saturated rings. The van der Waals surface area contributed by atoms with Gasteiger partial charge in [0.2, 0.25) is 4.77 Å². The number of methoxy groups -OCH3 is 1. The molecule has 144 valence electrons. The van der Waals surface area contributed by atoms with Crippen molar-refractivity contribution in [3.8, 4) is 11.5 Å². The van der Waals surface area contributed by atoms with Crippen LogP contribution in [0.15, 0.2) is 52.5 Å². The minimum absolute atomic E-state index is 0.0947. The number of benzene rings is 2. The SMILES string of the molecule is COc1cc(/C=N/n2c(=O)cn[nH]c2=S)ccc1OCc1ccc(Cl)c(Cl)c1. The van der Waals surface area contributed by atoms with Crippen LogP contribution in [0.3, 0.4) is 0 Å². The zero-order valence-corrected chi connectivity index (χ0v) is 16.9. The van der Waals surface area contributed by atoms with E-state index in [9.17, 15) is 4.79 Å². The normalized spacial score (nSPS) is 11.0. The van der Waals surface area contributed by atoms with Crippen LogP contribution in [0.2, 0.25) is 10.0 Å². The number of rotatable bonds is 6. The molecule has 10 heteroatoms. The maximum Gasteiger partial charge on any atom is 0.293 e. The second-order valence-electron chi connectivity index (χ2n) is 5.52. The van der Waals surface area contributed by atoms with Crippen LogP contribution < -0.4 is 15.0 Å². The average molecular weight is 437 g/mol. The molecule has 0 atom stereocenters. The summed E-state index contributed by atoms with van der Waals surface area (Å²) < 4.78 is 12.3. The Labute approximate surface area is 175 Å². The van der Waals surface area contributed by atoms with Crippen LogP contribution in [-0.2, 0) is 6.61 Å². The molecule has 0 bridgehead atoms. The topological polar surface area (TPSA) is 81.5 Å². The van der Waals surface area contributed by atoms with Gasteiger partial charge in [0.1, 0.15) is 12.8 Å². The predicted molar refractivity (Wildman–Crippen MR) is 110 cm³/mol. The maximum atomic E-state index is 11.7. The van der Waals surface area contributed by atoms with Gasteiger partial charge in [0.05, 0.1) is 23.4 Å². The Morgan fingerprint density at radius 3 is 2.75 bits per heavy atom. The smallest absolute Gasteiger partial charge is 0.293 e. The summed E-state index contributed by atoms with van der Waals surface area (Å²) in [5.74, 6) is 1.06. The van der Waals surface area contributed by atoms with Gasteiger partial charge in [-0.2, -0.15) is 14.9 Å². The lowest BCUT2D eigenvalue weighted by Crippen LogP contribution is -2.18. The molecule has 0 amide bonds. The van der Waals surface area contributed by atoms with Crippen molar-refractivity contribution in [3.05, 3.63) is 78.9 Å². The van der Waals surface area contributed by atoms with Crippen LogP contribution >= 0.6 is 35.4 Å². The number of halogens is 2. The van der Waals surface area contributed by atoms with Crippen molar-refractivity contribution >= 4 is 41.6 Å². The fourth-order valence-electron chi connectivity index (χ4n) is 2.25. The van der Waals surface area contributed by atoms with Crippen LogP contribution in [0.4, 0.5) is 0 Å². The molecule has 7 nitrogen and oxygen atoms in total. The first-order chi connectivity index (χ1) is 13.5. The molecule has 3 rings (SSSR count). The third kappa shape index (κ3) is 4.78. The molecule has 0 saturated carbocycles. The molecule has 28 heavy (non-hydrogen) atoms. The van der Waals surface area contributed by atoms with Gasteiger partial charge in [-0.3, -0.25) is 9.89 Å². The minimum Gasteiger partial charge on any atom is -0.493 e. The summed E-state index contributed by atoms with van der Waals surface area (Å²) in [6.45, 7) is 0.294. The number of hydrogen-bond acceptors (Lipinski definition) is 6. The van der Waals surface area contributed by atoms with E-state index in [0.29, 0.717) is 33.7 Å². The van der Waals surface area contributed by atoms with Crippen LogP contribution in [-0.4, -0.2) is 28.2 Å². The first kappa shape index (κ1) is 20.1. The van der Waals surface area contributed by atoms with Crippen LogP contribution in [0, 0.1) is 4.77 Å². The molecule has 0 aliphatic carbocycles. The highest BCUT2D eigenvalue weighted by Gasteiger charge is 2.07. The summed E-state index contributed by atoms with van der Waals surface area (Å²) in [7, 11) is 1.53. The molecule has 1 heterocycles. The van der Waals surface area contributed by atoms with Gasteiger partial charge in [-0.15, -0.1) is 0 Å². The molecule has 2 aromatic carbocycles. The zero-order chi connectivity index (χ0) is 20.1. The molecular formula is C18H14Cl2N4O3S. The monoisotopic (exact) mass is 436 g/mol. The first-order valence-corrected chi connectivity index (χ1v) is 9.10. The lowest BCUT2D eigenvalue weighted by atomic mass is 10.2. The number of nitrogens with zero attached hydrogens (tertiary/aromatic N) is 3. The number of aromatic amines is 1. The highest BCUT2D eigenvalue weighted by Crippen LogP contribution is 2.29. The van der Waals surface area contributed by atoms with Crippen molar-refractivity contribution in [2.75, 3.05) is 7.11 Å². The van der Waals surface area contributed by atoms with E-state index in [1.807, 2.05) is 6.07 Å². The second-order valence-corrected chi connectivity index (χ2v) is 6.72. The van der Waals surface area contributed by atoms with E-state index in [1.165, 1.54) is 13.3 Å². The van der Waals surface area contributed by atoms with Crippen LogP contribution in [0.5, 0.6) is 11.5 Å². The van der Waals surface area contributed by atoms with Gasteiger partial charge in [-0.25, -0.2) is 0 Å². The van der Waals surface area contributed by atoms with Gasteiger partial charge < -0.3 is 9.47 Å². The van der Waals surface area contributed by atoms with Gasteiger partial charge in [0.25, 0.3) is 5.56 Å². The second kappa shape index (κ2) is 9.01. The molecule has 1 aromatic heterocycles. The van der Waals surface area contributed by atoms with Gasteiger partial charge in [0, 0.05) is 0 Å². The van der Waals surface area contributed by atoms with Crippen molar-refractivity contribution in [1.82, 2.24) is 14.9 Å². The standard InChI is InChI=1S/C18H14Cl2N4O3S/c1-26-16-7-11(8-22-24-17(25)9-21-23-18(24)28)3-5-15(16)27-10-12-2-4-13(19)14(20)6-12/h2-9H,10H2,1H3,(H,23,28)/b22-8+. The van der Waals surface area contributed by atoms with Gasteiger partial charge >= 0.3 is 0 Å². The molecular weight excluding hydrogens is 423 g/mol. The van der Waals surface area contributed by atoms with Crippen molar-refractivity contribution in [1.29, 1.82) is 0 Å².